The SMILES string of the molecule is Cc1sc2ccc(-c3ccc4sc5ccc(-c6cncc(P(=O)(c7ccccc7)c7ccccc7)c6)cc5c4c3)cc2c1/C=C\N. The zero-order chi connectivity index (χ0) is 31.3. The smallest absolute Gasteiger partial charge is 0.172 e. The van der Waals surface area contributed by atoms with Gasteiger partial charge in [-0.15, -0.1) is 22.7 Å². The first kappa shape index (κ1) is 28.7. The first-order valence-electron chi connectivity index (χ1n) is 15.1. The van der Waals surface area contributed by atoms with Gasteiger partial charge in [0.05, 0.1) is 0 Å². The van der Waals surface area contributed by atoms with E-state index in [0.717, 1.165) is 27.0 Å². The summed E-state index contributed by atoms with van der Waals surface area (Å²) in [7, 11) is -3.14. The van der Waals surface area contributed by atoms with Gasteiger partial charge in [0.15, 0.2) is 7.14 Å². The Bertz CT molecular complexity index is 2440. The third-order valence-corrected chi connectivity index (χ3v) is 13.9. The summed E-state index contributed by atoms with van der Waals surface area (Å²) >= 11 is 3.60. The van der Waals surface area contributed by atoms with Crippen molar-refractivity contribution in [2.24, 2.45) is 5.73 Å². The Kier molecular flexibility index (Phi) is 7.18. The van der Waals surface area contributed by atoms with Crippen LogP contribution in [0.15, 0.2) is 140 Å². The molecule has 0 saturated carbocycles. The van der Waals surface area contributed by atoms with Gasteiger partial charge in [-0.05, 0) is 83.9 Å². The van der Waals surface area contributed by atoms with Crippen molar-refractivity contribution in [3.63, 3.8) is 0 Å². The van der Waals surface area contributed by atoms with Crippen LogP contribution >= 0.6 is 29.8 Å². The van der Waals surface area contributed by atoms with Crippen LogP contribution in [0.1, 0.15) is 10.4 Å². The molecule has 222 valence electrons. The summed E-state index contributed by atoms with van der Waals surface area (Å²) in [6.07, 6.45) is 7.25. The van der Waals surface area contributed by atoms with Crippen molar-refractivity contribution in [2.75, 3.05) is 0 Å². The lowest BCUT2D eigenvalue weighted by Gasteiger charge is -2.20. The molecule has 0 aliphatic rings. The molecule has 0 aliphatic heterocycles. The van der Waals surface area contributed by atoms with Crippen molar-refractivity contribution < 1.29 is 4.57 Å². The minimum Gasteiger partial charge on any atom is -0.405 e. The average molecular weight is 649 g/mol. The second kappa shape index (κ2) is 11.5. The number of rotatable bonds is 6. The van der Waals surface area contributed by atoms with E-state index in [0.29, 0.717) is 0 Å². The maximum absolute atomic E-state index is 15.0. The first-order valence-corrected chi connectivity index (χ1v) is 18.4. The van der Waals surface area contributed by atoms with Crippen molar-refractivity contribution in [2.45, 2.75) is 6.92 Å². The van der Waals surface area contributed by atoms with Gasteiger partial charge in [0.25, 0.3) is 0 Å². The van der Waals surface area contributed by atoms with E-state index in [2.05, 4.69) is 72.6 Å². The van der Waals surface area contributed by atoms with E-state index in [9.17, 15) is 0 Å². The highest BCUT2D eigenvalue weighted by Gasteiger charge is 2.30. The van der Waals surface area contributed by atoms with Crippen molar-refractivity contribution in [3.8, 4) is 22.3 Å². The molecule has 46 heavy (non-hydrogen) atoms. The lowest BCUT2D eigenvalue weighted by molar-refractivity contribution is 0.592. The second-order valence-electron chi connectivity index (χ2n) is 11.4. The standard InChI is InChI=1S/C40H29N2OPS2/c1-26-34(18-19-41)35-21-27(12-15-38(35)45-26)28-13-16-39-36(22-28)37-23-29(14-17-40(37)46-39)30-20-33(25-42-24-30)44(43,31-8-4-2-5-9-31)32-10-6-3-7-11-32/h2-25H,41H2,1H3/b19-18-. The van der Waals surface area contributed by atoms with Gasteiger partial charge in [0.1, 0.15) is 0 Å². The van der Waals surface area contributed by atoms with E-state index >= 15 is 4.57 Å². The van der Waals surface area contributed by atoms with Crippen LogP contribution in [0, 0.1) is 6.92 Å². The molecule has 0 aliphatic carbocycles. The number of aromatic nitrogens is 1. The molecule has 0 saturated heterocycles. The van der Waals surface area contributed by atoms with Crippen molar-refractivity contribution in [3.05, 3.63) is 150 Å². The maximum Gasteiger partial charge on any atom is 0.172 e. The minimum atomic E-state index is -3.14. The highest BCUT2D eigenvalue weighted by molar-refractivity contribution is 7.85. The molecule has 2 N–H and O–H groups in total. The molecule has 0 amide bonds. The first-order chi connectivity index (χ1) is 22.5. The fourth-order valence-electron chi connectivity index (χ4n) is 6.34. The molecule has 0 radical (unpaired) electrons. The second-order valence-corrected chi connectivity index (χ2v) is 16.5. The van der Waals surface area contributed by atoms with E-state index < -0.39 is 7.14 Å². The molecule has 5 aromatic carbocycles. The zero-order valence-corrected chi connectivity index (χ0v) is 27.6. The molecule has 0 fully saturated rings. The lowest BCUT2D eigenvalue weighted by atomic mass is 9.99. The van der Waals surface area contributed by atoms with E-state index in [1.54, 1.807) is 35.1 Å². The van der Waals surface area contributed by atoms with Crippen LogP contribution in [0.5, 0.6) is 0 Å². The van der Waals surface area contributed by atoms with Crippen LogP contribution in [0.3, 0.4) is 0 Å². The Balaban J connectivity index is 1.24. The molecule has 0 atom stereocenters. The Morgan fingerprint density at radius 1 is 0.587 bits per heavy atom. The fraction of sp³-hybridized carbons (Fsp3) is 0.0250. The quantitative estimate of drug-likeness (QED) is 0.183. The van der Waals surface area contributed by atoms with Gasteiger partial charge in [-0.3, -0.25) is 4.98 Å². The third kappa shape index (κ3) is 4.80. The Morgan fingerprint density at radius 2 is 1.11 bits per heavy atom. The largest absolute Gasteiger partial charge is 0.405 e. The number of hydrogen-bond donors (Lipinski definition) is 1. The summed E-state index contributed by atoms with van der Waals surface area (Å²) in [5.41, 5.74) is 11.3. The van der Waals surface area contributed by atoms with E-state index in [-0.39, 0.29) is 0 Å². The molecule has 0 spiro atoms. The van der Waals surface area contributed by atoms with Crippen LogP contribution in [0.4, 0.5) is 0 Å². The van der Waals surface area contributed by atoms with Crippen LogP contribution in [0.2, 0.25) is 0 Å². The van der Waals surface area contributed by atoms with Gasteiger partial charge in [-0.1, -0.05) is 78.9 Å². The average Bonchev–Trinajstić information content (AvgIpc) is 3.64. The molecule has 0 unspecified atom stereocenters. The number of aryl methyl sites for hydroxylation is 1. The highest BCUT2D eigenvalue weighted by Crippen LogP contribution is 2.44. The number of thiophene rings is 2. The van der Waals surface area contributed by atoms with Crippen molar-refractivity contribution in [1.29, 1.82) is 0 Å². The van der Waals surface area contributed by atoms with E-state index in [1.807, 2.05) is 72.9 Å². The molecule has 3 nitrogen and oxygen atoms in total. The van der Waals surface area contributed by atoms with Gasteiger partial charge in [0.2, 0.25) is 0 Å². The summed E-state index contributed by atoms with van der Waals surface area (Å²) in [6.45, 7) is 2.15. The number of benzene rings is 5. The molecule has 8 rings (SSSR count). The topological polar surface area (TPSA) is 56.0 Å². The van der Waals surface area contributed by atoms with Crippen LogP contribution in [-0.4, -0.2) is 4.98 Å². The predicted octanol–water partition coefficient (Wildman–Crippen LogP) is 9.88. The summed E-state index contributed by atoms with van der Waals surface area (Å²) in [6, 6.07) is 41.6. The van der Waals surface area contributed by atoms with Crippen LogP contribution in [-0.2, 0) is 4.57 Å². The summed E-state index contributed by atoms with van der Waals surface area (Å²) in [5.74, 6) is 0. The lowest BCUT2D eigenvalue weighted by Crippen LogP contribution is -2.25. The van der Waals surface area contributed by atoms with Gasteiger partial charge in [-0.2, -0.15) is 0 Å². The van der Waals surface area contributed by atoms with Gasteiger partial charge in [0, 0.05) is 69.0 Å². The number of pyridine rings is 1. The fourth-order valence-corrected chi connectivity index (χ4v) is 11.1. The third-order valence-electron chi connectivity index (χ3n) is 8.64. The summed E-state index contributed by atoms with van der Waals surface area (Å²) < 4.78 is 18.8. The van der Waals surface area contributed by atoms with Crippen LogP contribution < -0.4 is 21.6 Å². The molecule has 3 heterocycles. The van der Waals surface area contributed by atoms with E-state index in [1.165, 1.54) is 51.8 Å². The predicted molar refractivity (Wildman–Crippen MR) is 201 cm³/mol. The molecule has 3 aromatic heterocycles. The highest BCUT2D eigenvalue weighted by atomic mass is 32.1. The van der Waals surface area contributed by atoms with E-state index in [4.69, 9.17) is 5.73 Å². The number of hydrogen-bond acceptors (Lipinski definition) is 5. The number of nitrogens with zero attached hydrogens (tertiary/aromatic N) is 1. The van der Waals surface area contributed by atoms with Gasteiger partial charge in [-0.25, -0.2) is 0 Å². The number of nitrogens with two attached hydrogens (primary N) is 1. The molecular formula is C40H29N2OPS2. The Morgan fingerprint density at radius 3 is 1.67 bits per heavy atom. The minimum absolute atomic E-state index is 0.725. The maximum atomic E-state index is 15.0. The Labute approximate surface area is 275 Å². The normalized spacial score (nSPS) is 12.1. The molecule has 0 bridgehead atoms. The van der Waals surface area contributed by atoms with Gasteiger partial charge >= 0.3 is 0 Å². The summed E-state index contributed by atoms with van der Waals surface area (Å²) in [4.78, 5) is 5.89. The molecule has 8 aromatic rings. The molecular weight excluding hydrogens is 620 g/mol. The Hall–Kier alpha value is -4.80. The van der Waals surface area contributed by atoms with Gasteiger partial charge < -0.3 is 10.3 Å². The van der Waals surface area contributed by atoms with Crippen molar-refractivity contribution in [1.82, 2.24) is 4.98 Å². The number of fused-ring (bicyclic) bond motifs is 4. The molecule has 6 heteroatoms. The monoisotopic (exact) mass is 648 g/mol. The van der Waals surface area contributed by atoms with Crippen LogP contribution in [0.25, 0.3) is 58.6 Å². The zero-order valence-electron chi connectivity index (χ0n) is 25.1. The summed E-state index contributed by atoms with van der Waals surface area (Å²) in [5, 5.41) is 5.99. The van der Waals surface area contributed by atoms with Crippen molar-refractivity contribution >= 4 is 82.1 Å².